The van der Waals surface area contributed by atoms with Gasteiger partial charge in [0, 0.05) is 5.54 Å². The van der Waals surface area contributed by atoms with Gasteiger partial charge < -0.3 is 4.74 Å². The molecular weight excluding hydrogens is 383 g/mol. The first-order valence-electron chi connectivity index (χ1n) is 8.90. The van der Waals surface area contributed by atoms with Crippen molar-refractivity contribution in [3.8, 4) is 5.75 Å². The topological polar surface area (TPSA) is 46.6 Å². The number of amides is 2. The molecule has 4 nitrogen and oxygen atoms in total. The van der Waals surface area contributed by atoms with E-state index in [4.69, 9.17) is 4.74 Å². The fraction of sp³-hybridized carbons (Fsp3) is 0.273. The summed E-state index contributed by atoms with van der Waals surface area (Å²) < 4.78 is 43.9. The Bertz CT molecular complexity index is 982. The zero-order valence-corrected chi connectivity index (χ0v) is 16.4. The number of hydrogen-bond acceptors (Lipinski definition) is 3. The van der Waals surface area contributed by atoms with Crippen molar-refractivity contribution in [1.82, 2.24) is 4.90 Å². The van der Waals surface area contributed by atoms with Crippen molar-refractivity contribution in [2.75, 3.05) is 7.11 Å². The molecule has 0 atom stereocenters. The summed E-state index contributed by atoms with van der Waals surface area (Å²) in [6.45, 7) is 5.18. The third-order valence-corrected chi connectivity index (χ3v) is 4.63. The van der Waals surface area contributed by atoms with Crippen LogP contribution in [-0.2, 0) is 15.8 Å². The van der Waals surface area contributed by atoms with E-state index in [1.54, 1.807) is 45.0 Å². The van der Waals surface area contributed by atoms with E-state index in [-0.39, 0.29) is 16.7 Å². The lowest BCUT2D eigenvalue weighted by Gasteiger charge is -2.30. The molecule has 152 valence electrons. The van der Waals surface area contributed by atoms with E-state index in [0.717, 1.165) is 17.0 Å². The van der Waals surface area contributed by atoms with Gasteiger partial charge in [-0.05, 0) is 56.2 Å². The Kier molecular flexibility index (Phi) is 5.03. The molecule has 1 aliphatic heterocycles. The number of benzene rings is 2. The summed E-state index contributed by atoms with van der Waals surface area (Å²) in [7, 11) is 1.51. The predicted molar refractivity (Wildman–Crippen MR) is 103 cm³/mol. The second-order valence-corrected chi connectivity index (χ2v) is 7.67. The van der Waals surface area contributed by atoms with Crippen molar-refractivity contribution in [2.45, 2.75) is 32.5 Å². The van der Waals surface area contributed by atoms with Crippen molar-refractivity contribution in [3.05, 3.63) is 65.2 Å². The normalized spacial score (nSPS) is 15.3. The monoisotopic (exact) mass is 403 g/mol. The summed E-state index contributed by atoms with van der Waals surface area (Å²) in [6, 6.07) is 10.9. The van der Waals surface area contributed by atoms with Gasteiger partial charge in [-0.25, -0.2) is 0 Å². The summed E-state index contributed by atoms with van der Waals surface area (Å²) in [5, 5.41) is 0. The van der Waals surface area contributed by atoms with Crippen LogP contribution in [0.3, 0.4) is 0 Å². The minimum Gasteiger partial charge on any atom is -0.497 e. The van der Waals surface area contributed by atoms with Crippen molar-refractivity contribution >= 4 is 23.0 Å². The number of imide groups is 1. The number of nitrogens with zero attached hydrogens (tertiary/aromatic N) is 1. The molecule has 0 N–H and O–H groups in total. The fourth-order valence-corrected chi connectivity index (χ4v) is 3.26. The van der Waals surface area contributed by atoms with Gasteiger partial charge in [0.1, 0.15) is 5.75 Å². The molecule has 0 spiro atoms. The highest BCUT2D eigenvalue weighted by atomic mass is 19.4. The number of alkyl halides is 3. The van der Waals surface area contributed by atoms with Crippen molar-refractivity contribution < 1.29 is 27.5 Å². The SMILES string of the molecule is COc1ccc(C2=C(c3ccc(C(F)(F)F)cc3)C(=O)N(C(C)(C)C)C2=O)cc1. The smallest absolute Gasteiger partial charge is 0.416 e. The van der Waals surface area contributed by atoms with Crippen LogP contribution in [-0.4, -0.2) is 29.4 Å². The van der Waals surface area contributed by atoms with Crippen molar-refractivity contribution in [3.63, 3.8) is 0 Å². The van der Waals surface area contributed by atoms with Crippen LogP contribution in [0.4, 0.5) is 13.2 Å². The quantitative estimate of drug-likeness (QED) is 0.692. The van der Waals surface area contributed by atoms with E-state index in [1.807, 2.05) is 0 Å². The maximum absolute atomic E-state index is 13.2. The lowest BCUT2D eigenvalue weighted by atomic mass is 9.95. The van der Waals surface area contributed by atoms with Gasteiger partial charge in [-0.15, -0.1) is 0 Å². The van der Waals surface area contributed by atoms with Gasteiger partial charge in [0.15, 0.2) is 0 Å². The van der Waals surface area contributed by atoms with Crippen LogP contribution >= 0.6 is 0 Å². The number of carbonyl (C=O) groups is 2. The lowest BCUT2D eigenvalue weighted by Crippen LogP contribution is -2.46. The van der Waals surface area contributed by atoms with E-state index in [2.05, 4.69) is 0 Å². The maximum atomic E-state index is 13.2. The summed E-state index contributed by atoms with van der Waals surface area (Å²) in [5.74, 6) is -0.439. The van der Waals surface area contributed by atoms with Crippen LogP contribution in [0.25, 0.3) is 11.1 Å². The first-order valence-corrected chi connectivity index (χ1v) is 8.90. The molecule has 2 amide bonds. The zero-order chi connectivity index (χ0) is 21.6. The molecule has 0 saturated carbocycles. The Balaban J connectivity index is 2.19. The van der Waals surface area contributed by atoms with Crippen LogP contribution in [0.15, 0.2) is 48.5 Å². The van der Waals surface area contributed by atoms with Gasteiger partial charge >= 0.3 is 6.18 Å². The number of methoxy groups -OCH3 is 1. The van der Waals surface area contributed by atoms with E-state index in [0.29, 0.717) is 11.3 Å². The summed E-state index contributed by atoms with van der Waals surface area (Å²) in [5.41, 5.74) is -0.618. The maximum Gasteiger partial charge on any atom is 0.416 e. The van der Waals surface area contributed by atoms with Gasteiger partial charge in [0.05, 0.1) is 23.8 Å². The molecule has 2 aromatic carbocycles. The molecule has 0 unspecified atom stereocenters. The number of ether oxygens (including phenoxy) is 1. The van der Waals surface area contributed by atoms with E-state index >= 15 is 0 Å². The third kappa shape index (κ3) is 3.77. The predicted octanol–water partition coefficient (Wildman–Crippen LogP) is 4.79. The van der Waals surface area contributed by atoms with Crippen molar-refractivity contribution in [1.29, 1.82) is 0 Å². The van der Waals surface area contributed by atoms with Gasteiger partial charge in [0.25, 0.3) is 11.8 Å². The van der Waals surface area contributed by atoms with Crippen LogP contribution in [0.2, 0.25) is 0 Å². The second kappa shape index (κ2) is 7.06. The zero-order valence-electron chi connectivity index (χ0n) is 16.4. The first-order chi connectivity index (χ1) is 13.4. The van der Waals surface area contributed by atoms with E-state index in [1.165, 1.54) is 19.2 Å². The Morgan fingerprint density at radius 3 is 1.52 bits per heavy atom. The standard InChI is InChI=1S/C22H20F3NO3/c1-21(2,3)26-19(27)17(13-5-9-15(10-6-13)22(23,24)25)18(20(26)28)14-7-11-16(29-4)12-8-14/h5-12H,1-4H3. The summed E-state index contributed by atoms with van der Waals surface area (Å²) in [4.78, 5) is 27.5. The van der Waals surface area contributed by atoms with Crippen LogP contribution in [0.5, 0.6) is 5.75 Å². The van der Waals surface area contributed by atoms with Gasteiger partial charge in [-0.1, -0.05) is 24.3 Å². The molecule has 0 saturated heterocycles. The Morgan fingerprint density at radius 1 is 0.759 bits per heavy atom. The second-order valence-electron chi connectivity index (χ2n) is 7.67. The molecule has 3 rings (SSSR count). The molecule has 29 heavy (non-hydrogen) atoms. The summed E-state index contributed by atoms with van der Waals surface area (Å²) >= 11 is 0. The molecule has 0 aromatic heterocycles. The van der Waals surface area contributed by atoms with Gasteiger partial charge in [-0.3, -0.25) is 14.5 Å². The molecule has 0 bridgehead atoms. The minimum absolute atomic E-state index is 0.0869. The Hall–Kier alpha value is -3.09. The fourth-order valence-electron chi connectivity index (χ4n) is 3.26. The van der Waals surface area contributed by atoms with Gasteiger partial charge in [0.2, 0.25) is 0 Å². The average Bonchev–Trinajstić information content (AvgIpc) is 2.91. The number of rotatable bonds is 3. The third-order valence-electron chi connectivity index (χ3n) is 4.63. The number of carbonyl (C=O) groups excluding carboxylic acids is 2. The molecule has 1 aliphatic rings. The molecule has 0 aliphatic carbocycles. The van der Waals surface area contributed by atoms with Crippen LogP contribution in [0, 0.1) is 0 Å². The molecular formula is C22H20F3NO3. The van der Waals surface area contributed by atoms with Crippen molar-refractivity contribution in [2.24, 2.45) is 0 Å². The van der Waals surface area contributed by atoms with Crippen LogP contribution in [0.1, 0.15) is 37.5 Å². The molecule has 0 radical (unpaired) electrons. The highest BCUT2D eigenvalue weighted by Crippen LogP contribution is 2.40. The number of hydrogen-bond donors (Lipinski definition) is 0. The largest absolute Gasteiger partial charge is 0.497 e. The molecule has 1 heterocycles. The first kappa shape index (κ1) is 20.6. The Labute approximate surface area is 166 Å². The van der Waals surface area contributed by atoms with E-state index in [9.17, 15) is 22.8 Å². The molecule has 2 aromatic rings. The highest BCUT2D eigenvalue weighted by Gasteiger charge is 2.44. The van der Waals surface area contributed by atoms with Gasteiger partial charge in [-0.2, -0.15) is 13.2 Å². The average molecular weight is 403 g/mol. The molecule has 7 heteroatoms. The Morgan fingerprint density at radius 2 is 1.17 bits per heavy atom. The molecule has 0 fully saturated rings. The van der Waals surface area contributed by atoms with E-state index < -0.39 is 29.1 Å². The highest BCUT2D eigenvalue weighted by molar-refractivity contribution is 6.49. The lowest BCUT2D eigenvalue weighted by molar-refractivity contribution is -0.141. The summed E-state index contributed by atoms with van der Waals surface area (Å²) in [6.07, 6.45) is -4.49. The van der Waals surface area contributed by atoms with Crippen LogP contribution < -0.4 is 4.74 Å². The minimum atomic E-state index is -4.49. The number of halogens is 3.